The molecular weight excluding hydrogens is 306 g/mol. The van der Waals surface area contributed by atoms with Gasteiger partial charge in [0, 0.05) is 39.4 Å². The number of rotatable bonds is 10. The lowest BCUT2D eigenvalue weighted by Crippen LogP contribution is -2.47. The second-order valence-corrected chi connectivity index (χ2v) is 9.56. The van der Waals surface area contributed by atoms with Gasteiger partial charge in [-0.25, -0.2) is 0 Å². The van der Waals surface area contributed by atoms with E-state index in [1.807, 2.05) is 0 Å². The summed E-state index contributed by atoms with van der Waals surface area (Å²) in [6.07, 6.45) is 8.25. The molecule has 1 aliphatic rings. The molecule has 0 amide bonds. The van der Waals surface area contributed by atoms with Gasteiger partial charge in [-0.2, -0.15) is 0 Å². The molecule has 1 aliphatic heterocycles. The van der Waals surface area contributed by atoms with Crippen LogP contribution in [-0.4, -0.2) is 72.3 Å². The van der Waals surface area contributed by atoms with Crippen LogP contribution in [0.25, 0.3) is 0 Å². The van der Waals surface area contributed by atoms with Crippen molar-refractivity contribution in [3.63, 3.8) is 0 Å². The van der Waals surface area contributed by atoms with Crippen LogP contribution in [0.4, 0.5) is 0 Å². The Morgan fingerprint density at radius 3 is 1.83 bits per heavy atom. The first-order valence-electron chi connectivity index (χ1n) is 9.15. The summed E-state index contributed by atoms with van der Waals surface area (Å²) in [7, 11) is -0.00327. The maximum absolute atomic E-state index is 6.31. The molecule has 0 aromatic rings. The van der Waals surface area contributed by atoms with E-state index in [1.54, 1.807) is 0 Å². The SMILES string of the molecule is CCCN=CCC[Si]1(CCC=NCCC)OCCN(C)CCO1. The van der Waals surface area contributed by atoms with Gasteiger partial charge in [0.15, 0.2) is 0 Å². The topological polar surface area (TPSA) is 46.4 Å². The normalized spacial score (nSPS) is 20.1. The second kappa shape index (κ2) is 12.8. The van der Waals surface area contributed by atoms with Gasteiger partial charge >= 0.3 is 8.56 Å². The first-order valence-corrected chi connectivity index (χ1v) is 11.4. The van der Waals surface area contributed by atoms with Crippen LogP contribution in [0.5, 0.6) is 0 Å². The average Bonchev–Trinajstić information content (AvgIpc) is 2.52. The molecule has 0 N–H and O–H groups in total. The Morgan fingerprint density at radius 2 is 1.39 bits per heavy atom. The lowest BCUT2D eigenvalue weighted by Gasteiger charge is -2.34. The summed E-state index contributed by atoms with van der Waals surface area (Å²) in [5.74, 6) is 0. The van der Waals surface area contributed by atoms with Crippen LogP contribution in [0.2, 0.25) is 12.1 Å². The van der Waals surface area contributed by atoms with Gasteiger partial charge in [0.1, 0.15) is 0 Å². The lowest BCUT2D eigenvalue weighted by atomic mass is 10.5. The molecule has 0 aromatic carbocycles. The Balaban J connectivity index is 2.54. The molecule has 134 valence electrons. The third kappa shape index (κ3) is 9.35. The van der Waals surface area contributed by atoms with Crippen molar-refractivity contribution in [2.45, 2.75) is 51.6 Å². The molecule has 1 fully saturated rings. The zero-order valence-electron chi connectivity index (χ0n) is 15.3. The van der Waals surface area contributed by atoms with Gasteiger partial charge in [-0.15, -0.1) is 0 Å². The quantitative estimate of drug-likeness (QED) is 0.453. The summed E-state index contributed by atoms with van der Waals surface area (Å²) < 4.78 is 12.6. The highest BCUT2D eigenvalue weighted by atomic mass is 28.4. The highest BCUT2D eigenvalue weighted by Gasteiger charge is 2.37. The van der Waals surface area contributed by atoms with Crippen LogP contribution < -0.4 is 0 Å². The molecule has 0 aromatic heterocycles. The van der Waals surface area contributed by atoms with Crippen molar-refractivity contribution in [2.75, 3.05) is 46.4 Å². The highest BCUT2D eigenvalue weighted by Crippen LogP contribution is 2.23. The minimum Gasteiger partial charge on any atom is -0.393 e. The first kappa shape index (κ1) is 20.5. The summed E-state index contributed by atoms with van der Waals surface area (Å²) in [6, 6.07) is 2.01. The number of hydrogen-bond acceptors (Lipinski definition) is 5. The molecule has 0 radical (unpaired) electrons. The molecule has 23 heavy (non-hydrogen) atoms. The van der Waals surface area contributed by atoms with E-state index < -0.39 is 8.56 Å². The van der Waals surface area contributed by atoms with Crippen LogP contribution >= 0.6 is 0 Å². The second-order valence-electron chi connectivity index (χ2n) is 6.17. The van der Waals surface area contributed by atoms with E-state index >= 15 is 0 Å². The van der Waals surface area contributed by atoms with Gasteiger partial charge in [-0.1, -0.05) is 13.8 Å². The van der Waals surface area contributed by atoms with Gasteiger partial charge in [-0.3, -0.25) is 9.98 Å². The molecule has 1 heterocycles. The van der Waals surface area contributed by atoms with E-state index in [2.05, 4.69) is 48.2 Å². The molecule has 0 aliphatic carbocycles. The fourth-order valence-corrected chi connectivity index (χ4v) is 5.51. The summed E-state index contributed by atoms with van der Waals surface area (Å²) in [6.45, 7) is 9.69. The van der Waals surface area contributed by atoms with E-state index in [9.17, 15) is 0 Å². The average molecular weight is 342 g/mol. The molecule has 0 bridgehead atoms. The van der Waals surface area contributed by atoms with Gasteiger partial charge in [0.25, 0.3) is 0 Å². The van der Waals surface area contributed by atoms with E-state index in [-0.39, 0.29) is 0 Å². The Hall–Kier alpha value is -0.563. The van der Waals surface area contributed by atoms with Crippen molar-refractivity contribution in [3.05, 3.63) is 0 Å². The zero-order valence-corrected chi connectivity index (χ0v) is 16.3. The third-order valence-electron chi connectivity index (χ3n) is 3.95. The van der Waals surface area contributed by atoms with E-state index in [1.165, 1.54) is 0 Å². The number of hydrogen-bond donors (Lipinski definition) is 0. The summed E-state index contributed by atoms with van der Waals surface area (Å²) in [4.78, 5) is 11.1. The fourth-order valence-electron chi connectivity index (χ4n) is 2.53. The monoisotopic (exact) mass is 341 g/mol. The Kier molecular flexibility index (Phi) is 11.4. The first-order chi connectivity index (χ1) is 11.2. The molecule has 1 rings (SSSR count). The molecule has 5 nitrogen and oxygen atoms in total. The fraction of sp³-hybridized carbons (Fsp3) is 0.882. The summed E-state index contributed by atoms with van der Waals surface area (Å²) >= 11 is 0. The molecule has 0 atom stereocenters. The number of likely N-dealkylation sites (N-methyl/N-ethyl adjacent to an activating group) is 1. The predicted molar refractivity (Wildman–Crippen MR) is 101 cm³/mol. The maximum Gasteiger partial charge on any atom is 0.338 e. The van der Waals surface area contributed by atoms with Gasteiger partial charge in [0.05, 0.1) is 0 Å². The molecule has 0 unspecified atom stereocenters. The Morgan fingerprint density at radius 1 is 0.913 bits per heavy atom. The molecule has 1 saturated heterocycles. The van der Waals surface area contributed by atoms with Crippen LogP contribution in [-0.2, 0) is 8.85 Å². The standard InChI is InChI=1S/C17H35N3O2Si/c1-4-8-18-10-6-16-23(17-7-11-19-9-5-2)21-14-12-20(3)13-15-22-23/h10-11H,4-9,12-17H2,1-3H3. The third-order valence-corrected chi connectivity index (χ3v) is 7.51. The molecule has 0 saturated carbocycles. The van der Waals surface area contributed by atoms with Crippen molar-refractivity contribution in [1.82, 2.24) is 4.90 Å². The van der Waals surface area contributed by atoms with Crippen molar-refractivity contribution >= 4 is 21.0 Å². The van der Waals surface area contributed by atoms with E-state index in [4.69, 9.17) is 8.85 Å². The van der Waals surface area contributed by atoms with Crippen molar-refractivity contribution < 1.29 is 8.85 Å². The predicted octanol–water partition coefficient (Wildman–Crippen LogP) is 3.15. The lowest BCUT2D eigenvalue weighted by molar-refractivity contribution is 0.105. The van der Waals surface area contributed by atoms with Gasteiger partial charge < -0.3 is 13.8 Å². The van der Waals surface area contributed by atoms with Crippen LogP contribution in [0, 0.1) is 0 Å². The summed E-state index contributed by atoms with van der Waals surface area (Å²) in [5, 5.41) is 0. The highest BCUT2D eigenvalue weighted by molar-refractivity contribution is 6.67. The van der Waals surface area contributed by atoms with E-state index in [0.717, 1.165) is 77.2 Å². The summed E-state index contributed by atoms with van der Waals surface area (Å²) in [5.41, 5.74) is 0. The smallest absolute Gasteiger partial charge is 0.338 e. The van der Waals surface area contributed by atoms with Gasteiger partial charge in [0.2, 0.25) is 0 Å². The van der Waals surface area contributed by atoms with Crippen molar-refractivity contribution in [1.29, 1.82) is 0 Å². The maximum atomic E-state index is 6.31. The molecule has 6 heteroatoms. The molecular formula is C17H35N3O2Si. The Labute approximate surface area is 143 Å². The zero-order chi connectivity index (χ0) is 16.8. The van der Waals surface area contributed by atoms with Crippen LogP contribution in [0.3, 0.4) is 0 Å². The van der Waals surface area contributed by atoms with Gasteiger partial charge in [-0.05, 0) is 57.2 Å². The largest absolute Gasteiger partial charge is 0.393 e. The Bertz CT molecular complexity index is 319. The van der Waals surface area contributed by atoms with Crippen LogP contribution in [0.15, 0.2) is 9.98 Å². The minimum atomic E-state index is -2.12. The minimum absolute atomic E-state index is 0.779. The van der Waals surface area contributed by atoms with E-state index in [0.29, 0.717) is 0 Å². The number of nitrogens with zero attached hydrogens (tertiary/aromatic N) is 3. The van der Waals surface area contributed by atoms with Crippen LogP contribution in [0.1, 0.15) is 39.5 Å². The van der Waals surface area contributed by atoms with Crippen molar-refractivity contribution in [3.8, 4) is 0 Å². The molecule has 0 spiro atoms. The number of aliphatic imine (C=N–C) groups is 2. The van der Waals surface area contributed by atoms with Crippen molar-refractivity contribution in [2.24, 2.45) is 9.98 Å².